The van der Waals surface area contributed by atoms with E-state index in [2.05, 4.69) is 25.7 Å². The Balaban J connectivity index is 3.46. The van der Waals surface area contributed by atoms with Crippen molar-refractivity contribution in [2.75, 3.05) is 19.6 Å². The molecule has 0 spiro atoms. The number of alkyl halides is 1. The SMILES string of the molecule is CCCC(Cl)CCN(CC)CCC. The number of hydrogen-bond acceptors (Lipinski definition) is 1. The van der Waals surface area contributed by atoms with Crippen LogP contribution in [0.15, 0.2) is 0 Å². The Bertz CT molecular complexity index is 106. The maximum atomic E-state index is 6.16. The average molecular weight is 206 g/mol. The van der Waals surface area contributed by atoms with E-state index in [1.165, 1.54) is 25.9 Å². The van der Waals surface area contributed by atoms with E-state index in [1.54, 1.807) is 0 Å². The molecule has 0 saturated carbocycles. The van der Waals surface area contributed by atoms with Crippen LogP contribution in [0, 0.1) is 0 Å². The van der Waals surface area contributed by atoms with Gasteiger partial charge in [0, 0.05) is 5.38 Å². The lowest BCUT2D eigenvalue weighted by Gasteiger charge is -2.20. The Kier molecular flexibility index (Phi) is 9.00. The zero-order valence-corrected chi connectivity index (χ0v) is 10.1. The Labute approximate surface area is 88.5 Å². The fourth-order valence-electron chi connectivity index (χ4n) is 1.52. The maximum absolute atomic E-state index is 6.16. The van der Waals surface area contributed by atoms with Gasteiger partial charge in [0.1, 0.15) is 0 Å². The third kappa shape index (κ3) is 7.33. The number of halogens is 1. The zero-order valence-electron chi connectivity index (χ0n) is 9.35. The first-order chi connectivity index (χ1) is 6.24. The van der Waals surface area contributed by atoms with E-state index >= 15 is 0 Å². The van der Waals surface area contributed by atoms with Gasteiger partial charge in [-0.05, 0) is 38.9 Å². The van der Waals surface area contributed by atoms with Crippen molar-refractivity contribution in [3.05, 3.63) is 0 Å². The monoisotopic (exact) mass is 205 g/mol. The van der Waals surface area contributed by atoms with E-state index < -0.39 is 0 Å². The van der Waals surface area contributed by atoms with E-state index in [0.29, 0.717) is 5.38 Å². The first kappa shape index (κ1) is 13.2. The summed E-state index contributed by atoms with van der Waals surface area (Å²) in [4.78, 5) is 2.48. The Morgan fingerprint density at radius 3 is 2.15 bits per heavy atom. The fraction of sp³-hybridized carbons (Fsp3) is 1.00. The summed E-state index contributed by atoms with van der Waals surface area (Å²) in [5.41, 5.74) is 0. The van der Waals surface area contributed by atoms with E-state index in [-0.39, 0.29) is 0 Å². The molecule has 0 radical (unpaired) electrons. The van der Waals surface area contributed by atoms with Crippen molar-refractivity contribution in [3.63, 3.8) is 0 Å². The van der Waals surface area contributed by atoms with Crippen LogP contribution in [0.25, 0.3) is 0 Å². The van der Waals surface area contributed by atoms with Gasteiger partial charge in [0.05, 0.1) is 0 Å². The molecule has 0 amide bonds. The molecule has 1 nitrogen and oxygen atoms in total. The van der Waals surface area contributed by atoms with Crippen molar-refractivity contribution in [2.45, 2.75) is 51.8 Å². The van der Waals surface area contributed by atoms with Crippen LogP contribution in [-0.2, 0) is 0 Å². The molecule has 1 unspecified atom stereocenters. The molecule has 0 rings (SSSR count). The zero-order chi connectivity index (χ0) is 10.1. The molecule has 0 bridgehead atoms. The van der Waals surface area contributed by atoms with E-state index in [4.69, 9.17) is 11.6 Å². The molecule has 0 aliphatic rings. The van der Waals surface area contributed by atoms with Gasteiger partial charge in [-0.1, -0.05) is 27.2 Å². The first-order valence-electron chi connectivity index (χ1n) is 5.60. The van der Waals surface area contributed by atoms with Crippen LogP contribution < -0.4 is 0 Å². The van der Waals surface area contributed by atoms with Crippen LogP contribution in [0.1, 0.15) is 46.5 Å². The minimum atomic E-state index is 0.385. The smallest absolute Gasteiger partial charge is 0.0348 e. The first-order valence-corrected chi connectivity index (χ1v) is 6.04. The molecule has 0 aliphatic carbocycles. The normalized spacial score (nSPS) is 13.6. The minimum absolute atomic E-state index is 0.385. The van der Waals surface area contributed by atoms with Crippen molar-refractivity contribution >= 4 is 11.6 Å². The summed E-state index contributed by atoms with van der Waals surface area (Å²) in [5, 5.41) is 0.385. The Hall–Kier alpha value is 0.250. The third-order valence-corrected chi connectivity index (χ3v) is 2.78. The summed E-state index contributed by atoms with van der Waals surface area (Å²) in [6.07, 6.45) is 4.75. The molecular weight excluding hydrogens is 182 g/mol. The molecule has 0 aromatic rings. The summed E-state index contributed by atoms with van der Waals surface area (Å²) in [7, 11) is 0. The highest BCUT2D eigenvalue weighted by Crippen LogP contribution is 2.10. The lowest BCUT2D eigenvalue weighted by molar-refractivity contribution is 0.282. The number of rotatable bonds is 8. The summed E-state index contributed by atoms with van der Waals surface area (Å²) in [5.74, 6) is 0. The van der Waals surface area contributed by atoms with Crippen molar-refractivity contribution < 1.29 is 0 Å². The summed E-state index contributed by atoms with van der Waals surface area (Å²) in [6, 6.07) is 0. The summed E-state index contributed by atoms with van der Waals surface area (Å²) >= 11 is 6.16. The lowest BCUT2D eigenvalue weighted by atomic mass is 10.2. The van der Waals surface area contributed by atoms with Gasteiger partial charge in [0.15, 0.2) is 0 Å². The number of nitrogens with zero attached hydrogens (tertiary/aromatic N) is 1. The summed E-state index contributed by atoms with van der Waals surface area (Å²) < 4.78 is 0. The van der Waals surface area contributed by atoms with Crippen LogP contribution in [0.5, 0.6) is 0 Å². The van der Waals surface area contributed by atoms with Gasteiger partial charge in [0.25, 0.3) is 0 Å². The van der Waals surface area contributed by atoms with Gasteiger partial charge in [-0.3, -0.25) is 0 Å². The average Bonchev–Trinajstić information content (AvgIpc) is 2.12. The van der Waals surface area contributed by atoms with E-state index in [9.17, 15) is 0 Å². The van der Waals surface area contributed by atoms with Gasteiger partial charge in [-0.25, -0.2) is 0 Å². The predicted octanol–water partition coefficient (Wildman–Crippen LogP) is 3.52. The Morgan fingerprint density at radius 1 is 1.00 bits per heavy atom. The van der Waals surface area contributed by atoms with Crippen molar-refractivity contribution in [1.29, 1.82) is 0 Å². The molecule has 2 heteroatoms. The molecule has 0 aliphatic heterocycles. The molecule has 0 N–H and O–H groups in total. The van der Waals surface area contributed by atoms with Gasteiger partial charge in [-0.15, -0.1) is 11.6 Å². The molecule has 1 atom stereocenters. The second-order valence-corrected chi connectivity index (χ2v) is 4.23. The van der Waals surface area contributed by atoms with Crippen LogP contribution in [0.3, 0.4) is 0 Å². The van der Waals surface area contributed by atoms with Gasteiger partial charge >= 0.3 is 0 Å². The molecule has 0 aromatic carbocycles. The fourth-order valence-corrected chi connectivity index (χ4v) is 1.84. The molecule has 0 saturated heterocycles. The molecule has 80 valence electrons. The molecule has 13 heavy (non-hydrogen) atoms. The molecule has 0 fully saturated rings. The van der Waals surface area contributed by atoms with Gasteiger partial charge in [0.2, 0.25) is 0 Å². The Morgan fingerprint density at radius 2 is 1.69 bits per heavy atom. The highest BCUT2D eigenvalue weighted by Gasteiger charge is 2.06. The number of hydrogen-bond donors (Lipinski definition) is 0. The van der Waals surface area contributed by atoms with Crippen molar-refractivity contribution in [2.24, 2.45) is 0 Å². The topological polar surface area (TPSA) is 3.24 Å². The largest absolute Gasteiger partial charge is 0.304 e. The van der Waals surface area contributed by atoms with Crippen molar-refractivity contribution in [1.82, 2.24) is 4.90 Å². The van der Waals surface area contributed by atoms with Gasteiger partial charge in [-0.2, -0.15) is 0 Å². The van der Waals surface area contributed by atoms with Crippen molar-refractivity contribution in [3.8, 4) is 0 Å². The van der Waals surface area contributed by atoms with Crippen LogP contribution in [0.2, 0.25) is 0 Å². The quantitative estimate of drug-likeness (QED) is 0.549. The van der Waals surface area contributed by atoms with E-state index in [1.807, 2.05) is 0 Å². The third-order valence-electron chi connectivity index (χ3n) is 2.35. The second kappa shape index (κ2) is 8.83. The summed E-state index contributed by atoms with van der Waals surface area (Å²) in [6.45, 7) is 10.2. The predicted molar refractivity (Wildman–Crippen MR) is 61.6 cm³/mol. The minimum Gasteiger partial charge on any atom is -0.304 e. The lowest BCUT2D eigenvalue weighted by Crippen LogP contribution is -2.27. The van der Waals surface area contributed by atoms with Crippen LogP contribution in [-0.4, -0.2) is 29.9 Å². The highest BCUT2D eigenvalue weighted by molar-refractivity contribution is 6.20. The maximum Gasteiger partial charge on any atom is 0.0348 e. The van der Waals surface area contributed by atoms with E-state index in [0.717, 1.165) is 19.4 Å². The standard InChI is InChI=1S/C11H24ClN/c1-4-7-11(12)8-10-13(6-3)9-5-2/h11H,4-10H2,1-3H3. The highest BCUT2D eigenvalue weighted by atomic mass is 35.5. The molecular formula is C11H24ClN. The molecule has 0 aromatic heterocycles. The van der Waals surface area contributed by atoms with Gasteiger partial charge < -0.3 is 4.90 Å². The molecule has 0 heterocycles. The van der Waals surface area contributed by atoms with Crippen LogP contribution in [0.4, 0.5) is 0 Å². The van der Waals surface area contributed by atoms with Crippen LogP contribution >= 0.6 is 11.6 Å². The second-order valence-electron chi connectivity index (χ2n) is 3.61.